The number of nitrogens with one attached hydrogen (secondary N) is 2. The average molecular weight is 419 g/mol. The zero-order valence-electron chi connectivity index (χ0n) is 17.9. The zero-order valence-corrected chi connectivity index (χ0v) is 17.9. The van der Waals surface area contributed by atoms with E-state index in [0.29, 0.717) is 5.69 Å². The molecule has 0 spiro atoms. The number of fused-ring (bicyclic) bond motifs is 2. The molecule has 5 aromatic rings. The van der Waals surface area contributed by atoms with Crippen LogP contribution in [0.3, 0.4) is 0 Å². The normalized spacial score (nSPS) is 11.4. The van der Waals surface area contributed by atoms with Crippen molar-refractivity contribution in [1.29, 1.82) is 0 Å². The molecule has 5 heteroatoms. The number of aromatic nitrogens is 2. The number of nitrogens with zero attached hydrogens (tertiary/aromatic N) is 2. The summed E-state index contributed by atoms with van der Waals surface area (Å²) in [4.78, 5) is 12.6. The van der Waals surface area contributed by atoms with Crippen molar-refractivity contribution in [3.05, 3.63) is 101 Å². The smallest absolute Gasteiger partial charge is 0.272 e. The lowest BCUT2D eigenvalue weighted by atomic mass is 9.97. The minimum atomic E-state index is -0.339. The molecular formula is C27H22N4O. The third kappa shape index (κ3) is 3.65. The van der Waals surface area contributed by atoms with Crippen LogP contribution >= 0.6 is 0 Å². The molecular weight excluding hydrogens is 396 g/mol. The molecule has 0 bridgehead atoms. The van der Waals surface area contributed by atoms with Gasteiger partial charge in [-0.1, -0.05) is 60.7 Å². The monoisotopic (exact) mass is 418 g/mol. The Kier molecular flexibility index (Phi) is 5.00. The highest BCUT2D eigenvalue weighted by molar-refractivity contribution is 6.13. The highest BCUT2D eigenvalue weighted by atomic mass is 16.2. The van der Waals surface area contributed by atoms with Crippen LogP contribution in [0.5, 0.6) is 0 Å². The van der Waals surface area contributed by atoms with Gasteiger partial charge in [0.1, 0.15) is 5.69 Å². The predicted molar refractivity (Wildman–Crippen MR) is 130 cm³/mol. The molecule has 156 valence electrons. The Hall–Kier alpha value is -4.25. The van der Waals surface area contributed by atoms with Gasteiger partial charge >= 0.3 is 0 Å². The highest BCUT2D eigenvalue weighted by Gasteiger charge is 2.11. The van der Waals surface area contributed by atoms with Gasteiger partial charge in [0.25, 0.3) is 5.91 Å². The van der Waals surface area contributed by atoms with Crippen molar-refractivity contribution >= 4 is 33.7 Å². The summed E-state index contributed by atoms with van der Waals surface area (Å²) in [5.74, 6) is -0.339. The number of hydrogen-bond donors (Lipinski definition) is 2. The quantitative estimate of drug-likeness (QED) is 0.221. The van der Waals surface area contributed by atoms with Gasteiger partial charge < -0.3 is 0 Å². The number of carbonyl (C=O) groups is 1. The van der Waals surface area contributed by atoms with Crippen molar-refractivity contribution in [3.8, 4) is 11.3 Å². The average Bonchev–Trinajstić information content (AvgIpc) is 3.31. The Balaban J connectivity index is 1.41. The number of aryl methyl sites for hydroxylation is 2. The standard InChI is InChI=1S/C27H22N4O/c1-17-11-12-21(13-18(17)2)25-15-26(30-29-25)27(32)31-28-16-24-22-9-5-3-7-19(22)14-20-8-4-6-10-23(20)24/h3-16H,1-2H3,(H,29,30)(H,31,32)/b28-16+. The van der Waals surface area contributed by atoms with E-state index < -0.39 is 0 Å². The molecule has 32 heavy (non-hydrogen) atoms. The van der Waals surface area contributed by atoms with Crippen molar-refractivity contribution in [2.75, 3.05) is 0 Å². The highest BCUT2D eigenvalue weighted by Crippen LogP contribution is 2.27. The number of rotatable bonds is 4. The number of hydrazone groups is 1. The van der Waals surface area contributed by atoms with E-state index in [1.165, 1.54) is 11.1 Å². The van der Waals surface area contributed by atoms with Crippen molar-refractivity contribution in [2.45, 2.75) is 13.8 Å². The van der Waals surface area contributed by atoms with Crippen LogP contribution in [-0.2, 0) is 0 Å². The lowest BCUT2D eigenvalue weighted by Crippen LogP contribution is -2.18. The number of H-pyrrole nitrogens is 1. The molecule has 0 saturated carbocycles. The summed E-state index contributed by atoms with van der Waals surface area (Å²) < 4.78 is 0. The van der Waals surface area contributed by atoms with E-state index in [2.05, 4.69) is 77.0 Å². The minimum absolute atomic E-state index is 0.339. The molecule has 5 nitrogen and oxygen atoms in total. The van der Waals surface area contributed by atoms with Crippen LogP contribution in [0.4, 0.5) is 0 Å². The van der Waals surface area contributed by atoms with E-state index in [-0.39, 0.29) is 5.91 Å². The maximum atomic E-state index is 12.6. The van der Waals surface area contributed by atoms with Crippen LogP contribution in [0.1, 0.15) is 27.2 Å². The van der Waals surface area contributed by atoms with Crippen molar-refractivity contribution < 1.29 is 4.79 Å². The maximum Gasteiger partial charge on any atom is 0.289 e. The number of hydrogen-bond acceptors (Lipinski definition) is 3. The third-order valence-corrected chi connectivity index (χ3v) is 5.80. The summed E-state index contributed by atoms with van der Waals surface area (Å²) in [5, 5.41) is 15.8. The minimum Gasteiger partial charge on any atom is -0.272 e. The second kappa shape index (κ2) is 8.12. The SMILES string of the molecule is Cc1ccc(-c2cc(C(=O)N/N=C/c3c4ccccc4cc4ccccc34)[nH]n2)cc1C. The van der Waals surface area contributed by atoms with Gasteiger partial charge in [0.05, 0.1) is 11.9 Å². The lowest BCUT2D eigenvalue weighted by Gasteiger charge is -2.07. The topological polar surface area (TPSA) is 70.1 Å². The lowest BCUT2D eigenvalue weighted by molar-refractivity contribution is 0.0950. The van der Waals surface area contributed by atoms with Crippen LogP contribution in [0, 0.1) is 13.8 Å². The van der Waals surface area contributed by atoms with E-state index >= 15 is 0 Å². The molecule has 0 saturated heterocycles. The first-order valence-corrected chi connectivity index (χ1v) is 10.5. The van der Waals surface area contributed by atoms with Gasteiger partial charge in [0.15, 0.2) is 0 Å². The Bertz CT molecular complexity index is 1440. The van der Waals surface area contributed by atoms with Gasteiger partial charge in [-0.2, -0.15) is 10.2 Å². The number of benzene rings is 4. The molecule has 0 fully saturated rings. The molecule has 1 amide bonds. The molecule has 1 aromatic heterocycles. The fraction of sp³-hybridized carbons (Fsp3) is 0.0741. The second-order valence-corrected chi connectivity index (χ2v) is 7.90. The molecule has 0 atom stereocenters. The van der Waals surface area contributed by atoms with Crippen LogP contribution in [0.25, 0.3) is 32.8 Å². The van der Waals surface area contributed by atoms with Crippen LogP contribution in [-0.4, -0.2) is 22.3 Å². The summed E-state index contributed by atoms with van der Waals surface area (Å²) in [6, 6.07) is 26.4. The van der Waals surface area contributed by atoms with Gasteiger partial charge in [-0.25, -0.2) is 5.43 Å². The molecule has 0 aliphatic carbocycles. The molecule has 0 aliphatic rings. The fourth-order valence-corrected chi connectivity index (χ4v) is 3.89. The Morgan fingerprint density at radius 1 is 0.875 bits per heavy atom. The number of aromatic amines is 1. The van der Waals surface area contributed by atoms with Gasteiger partial charge in [-0.15, -0.1) is 0 Å². The summed E-state index contributed by atoms with van der Waals surface area (Å²) in [6.45, 7) is 4.13. The summed E-state index contributed by atoms with van der Waals surface area (Å²) in [5.41, 5.74) is 8.05. The van der Waals surface area contributed by atoms with Crippen molar-refractivity contribution in [1.82, 2.24) is 15.6 Å². The number of amides is 1. The van der Waals surface area contributed by atoms with Crippen molar-refractivity contribution in [2.24, 2.45) is 5.10 Å². The molecule has 0 radical (unpaired) electrons. The molecule has 5 rings (SSSR count). The third-order valence-electron chi connectivity index (χ3n) is 5.80. The second-order valence-electron chi connectivity index (χ2n) is 7.90. The molecule has 2 N–H and O–H groups in total. The van der Waals surface area contributed by atoms with E-state index in [0.717, 1.165) is 38.4 Å². The van der Waals surface area contributed by atoms with E-state index in [1.54, 1.807) is 12.3 Å². The molecule has 0 unspecified atom stereocenters. The molecule has 4 aromatic carbocycles. The Morgan fingerprint density at radius 3 is 2.25 bits per heavy atom. The summed E-state index contributed by atoms with van der Waals surface area (Å²) in [6.07, 6.45) is 1.71. The fourth-order valence-electron chi connectivity index (χ4n) is 3.89. The first-order valence-electron chi connectivity index (χ1n) is 10.5. The Labute approximate surface area is 185 Å². The largest absolute Gasteiger partial charge is 0.289 e. The molecule has 1 heterocycles. The Morgan fingerprint density at radius 2 is 1.56 bits per heavy atom. The first-order chi connectivity index (χ1) is 15.6. The molecule has 0 aliphatic heterocycles. The van der Waals surface area contributed by atoms with Gasteiger partial charge in [0, 0.05) is 11.1 Å². The van der Waals surface area contributed by atoms with Crippen LogP contribution in [0.15, 0.2) is 84.0 Å². The number of carbonyl (C=O) groups excluding carboxylic acids is 1. The summed E-state index contributed by atoms with van der Waals surface area (Å²) >= 11 is 0. The van der Waals surface area contributed by atoms with E-state index in [4.69, 9.17) is 0 Å². The van der Waals surface area contributed by atoms with Crippen LogP contribution < -0.4 is 5.43 Å². The van der Waals surface area contributed by atoms with Gasteiger partial charge in [0.2, 0.25) is 0 Å². The summed E-state index contributed by atoms with van der Waals surface area (Å²) in [7, 11) is 0. The maximum absolute atomic E-state index is 12.6. The van der Waals surface area contributed by atoms with E-state index in [1.807, 2.05) is 30.3 Å². The van der Waals surface area contributed by atoms with Gasteiger partial charge in [-0.3, -0.25) is 9.89 Å². The van der Waals surface area contributed by atoms with E-state index in [9.17, 15) is 4.79 Å². The van der Waals surface area contributed by atoms with Gasteiger partial charge in [-0.05, 0) is 64.7 Å². The zero-order chi connectivity index (χ0) is 22.1. The van der Waals surface area contributed by atoms with Crippen LogP contribution in [0.2, 0.25) is 0 Å². The van der Waals surface area contributed by atoms with Crippen molar-refractivity contribution in [3.63, 3.8) is 0 Å². The predicted octanol–water partition coefficient (Wildman–Crippen LogP) is 5.76. The first kappa shape index (κ1) is 19.7.